The summed E-state index contributed by atoms with van der Waals surface area (Å²) in [7, 11) is 0. The molecule has 154 valence electrons. The predicted molar refractivity (Wildman–Crippen MR) is 119 cm³/mol. The first-order chi connectivity index (χ1) is 13.8. The molecule has 0 unspecified atom stereocenters. The predicted octanol–water partition coefficient (Wildman–Crippen LogP) is 3.84. The van der Waals surface area contributed by atoms with E-state index in [1.807, 2.05) is 52.0 Å². The zero-order valence-electron chi connectivity index (χ0n) is 17.4. The van der Waals surface area contributed by atoms with Gasteiger partial charge in [0.05, 0.1) is 11.3 Å². The topological polar surface area (TPSA) is 79.8 Å². The summed E-state index contributed by atoms with van der Waals surface area (Å²) in [5.74, 6) is 0.175. The van der Waals surface area contributed by atoms with Crippen LogP contribution in [0, 0.1) is 6.92 Å². The molecule has 2 N–H and O–H groups in total. The maximum Gasteiger partial charge on any atom is 0.278 e. The van der Waals surface area contributed by atoms with E-state index >= 15 is 0 Å². The van der Waals surface area contributed by atoms with Crippen LogP contribution in [0.15, 0.2) is 46.3 Å². The number of amides is 1. The standard InChI is InChI=1S/C22H28N4O2S/c1-14(2)26-21(28)20-18(12-16(4)24-20)25-22(26)29-13-19(27)23-15(3)10-11-17-8-6-5-7-9-17/h5-9,12,14-15,24H,10-11,13H2,1-4H3,(H,23,27)/t15-/m1/s1. The molecular formula is C22H28N4O2S. The van der Waals surface area contributed by atoms with Crippen molar-refractivity contribution in [3.63, 3.8) is 0 Å². The average Bonchev–Trinajstić information content (AvgIpc) is 3.06. The lowest BCUT2D eigenvalue weighted by Crippen LogP contribution is -2.34. The number of thioether (sulfide) groups is 1. The molecular weight excluding hydrogens is 384 g/mol. The van der Waals surface area contributed by atoms with Gasteiger partial charge in [-0.1, -0.05) is 42.1 Å². The summed E-state index contributed by atoms with van der Waals surface area (Å²) in [6.45, 7) is 7.81. The number of nitrogens with one attached hydrogen (secondary N) is 2. The van der Waals surface area contributed by atoms with Crippen molar-refractivity contribution in [2.45, 2.75) is 57.8 Å². The maximum atomic E-state index is 12.8. The minimum absolute atomic E-state index is 0.0432. The minimum Gasteiger partial charge on any atom is -0.353 e. The first-order valence-corrected chi connectivity index (χ1v) is 10.9. The third-order valence-electron chi connectivity index (χ3n) is 4.75. The lowest BCUT2D eigenvalue weighted by Gasteiger charge is -2.16. The molecule has 0 spiro atoms. The smallest absolute Gasteiger partial charge is 0.278 e. The third kappa shape index (κ3) is 5.29. The van der Waals surface area contributed by atoms with Crippen LogP contribution < -0.4 is 10.9 Å². The second kappa shape index (κ2) is 9.31. The van der Waals surface area contributed by atoms with Crippen LogP contribution in [0.3, 0.4) is 0 Å². The Morgan fingerprint density at radius 3 is 2.66 bits per heavy atom. The van der Waals surface area contributed by atoms with Gasteiger partial charge < -0.3 is 10.3 Å². The number of nitrogens with zero attached hydrogens (tertiary/aromatic N) is 2. The number of aromatic nitrogens is 3. The molecule has 0 aliphatic rings. The number of aryl methyl sites for hydroxylation is 2. The van der Waals surface area contributed by atoms with E-state index in [-0.39, 0.29) is 29.3 Å². The van der Waals surface area contributed by atoms with E-state index in [4.69, 9.17) is 0 Å². The Balaban J connectivity index is 1.63. The summed E-state index contributed by atoms with van der Waals surface area (Å²) in [6, 6.07) is 12.1. The second-order valence-electron chi connectivity index (χ2n) is 7.66. The normalized spacial score (nSPS) is 12.4. The average molecular weight is 413 g/mol. The van der Waals surface area contributed by atoms with Crippen molar-refractivity contribution in [3.8, 4) is 0 Å². The third-order valence-corrected chi connectivity index (χ3v) is 5.70. The van der Waals surface area contributed by atoms with Crippen molar-refractivity contribution in [1.29, 1.82) is 0 Å². The number of aromatic amines is 1. The number of fused-ring (bicyclic) bond motifs is 1. The van der Waals surface area contributed by atoms with Crippen LogP contribution in [0.1, 0.15) is 44.5 Å². The van der Waals surface area contributed by atoms with Crippen LogP contribution in [0.4, 0.5) is 0 Å². The molecule has 0 aliphatic heterocycles. The van der Waals surface area contributed by atoms with Crippen LogP contribution in [0.25, 0.3) is 11.0 Å². The highest BCUT2D eigenvalue weighted by molar-refractivity contribution is 7.99. The molecule has 0 bridgehead atoms. The minimum atomic E-state index is -0.0998. The Hall–Kier alpha value is -2.54. The summed E-state index contributed by atoms with van der Waals surface area (Å²) < 4.78 is 1.65. The molecule has 3 rings (SSSR count). The molecule has 7 heteroatoms. The van der Waals surface area contributed by atoms with Crippen molar-refractivity contribution >= 4 is 28.7 Å². The fraction of sp³-hybridized carbons (Fsp3) is 0.409. The van der Waals surface area contributed by atoms with Crippen LogP contribution >= 0.6 is 11.8 Å². The molecule has 29 heavy (non-hydrogen) atoms. The van der Waals surface area contributed by atoms with Gasteiger partial charge >= 0.3 is 0 Å². The molecule has 0 fully saturated rings. The van der Waals surface area contributed by atoms with Gasteiger partial charge in [0.1, 0.15) is 5.52 Å². The number of rotatable bonds is 8. The summed E-state index contributed by atoms with van der Waals surface area (Å²) in [5, 5.41) is 3.62. The van der Waals surface area contributed by atoms with Gasteiger partial charge in [-0.15, -0.1) is 0 Å². The van der Waals surface area contributed by atoms with Crippen LogP contribution in [-0.4, -0.2) is 32.2 Å². The van der Waals surface area contributed by atoms with Crippen LogP contribution in [0.2, 0.25) is 0 Å². The van der Waals surface area contributed by atoms with E-state index in [2.05, 4.69) is 27.4 Å². The molecule has 1 atom stereocenters. The summed E-state index contributed by atoms with van der Waals surface area (Å²) in [6.07, 6.45) is 1.80. The first-order valence-electron chi connectivity index (χ1n) is 9.93. The molecule has 1 amide bonds. The molecule has 0 saturated carbocycles. The fourth-order valence-corrected chi connectivity index (χ4v) is 4.23. The van der Waals surface area contributed by atoms with Crippen molar-refractivity contribution in [2.75, 3.05) is 5.75 Å². The van der Waals surface area contributed by atoms with Crippen LogP contribution in [-0.2, 0) is 11.2 Å². The van der Waals surface area contributed by atoms with Crippen molar-refractivity contribution in [3.05, 3.63) is 58.0 Å². The van der Waals surface area contributed by atoms with Gasteiger partial charge in [0.15, 0.2) is 5.16 Å². The molecule has 2 aromatic heterocycles. The Morgan fingerprint density at radius 1 is 1.24 bits per heavy atom. The largest absolute Gasteiger partial charge is 0.353 e. The monoisotopic (exact) mass is 412 g/mol. The zero-order chi connectivity index (χ0) is 21.0. The number of carbonyl (C=O) groups excluding carboxylic acids is 1. The Morgan fingerprint density at radius 2 is 1.97 bits per heavy atom. The number of H-pyrrole nitrogens is 1. The van der Waals surface area contributed by atoms with Gasteiger partial charge in [0.2, 0.25) is 5.91 Å². The fourth-order valence-electron chi connectivity index (χ4n) is 3.29. The van der Waals surface area contributed by atoms with E-state index in [9.17, 15) is 9.59 Å². The number of hydrogen-bond acceptors (Lipinski definition) is 4. The van der Waals surface area contributed by atoms with E-state index in [0.717, 1.165) is 18.5 Å². The lowest BCUT2D eigenvalue weighted by atomic mass is 10.1. The van der Waals surface area contributed by atoms with Gasteiger partial charge in [-0.2, -0.15) is 0 Å². The second-order valence-corrected chi connectivity index (χ2v) is 8.60. The summed E-state index contributed by atoms with van der Waals surface area (Å²) in [5.41, 5.74) is 3.22. The molecule has 0 saturated heterocycles. The van der Waals surface area contributed by atoms with Gasteiger partial charge in [0.25, 0.3) is 5.56 Å². The van der Waals surface area contributed by atoms with Gasteiger partial charge in [0, 0.05) is 17.8 Å². The lowest BCUT2D eigenvalue weighted by molar-refractivity contribution is -0.119. The van der Waals surface area contributed by atoms with E-state index < -0.39 is 0 Å². The highest BCUT2D eigenvalue weighted by atomic mass is 32.2. The van der Waals surface area contributed by atoms with Crippen molar-refractivity contribution in [1.82, 2.24) is 19.9 Å². The molecule has 3 aromatic rings. The molecule has 0 radical (unpaired) electrons. The number of benzene rings is 1. The molecule has 6 nitrogen and oxygen atoms in total. The number of hydrogen-bond donors (Lipinski definition) is 2. The van der Waals surface area contributed by atoms with Gasteiger partial charge in [-0.25, -0.2) is 4.98 Å². The highest BCUT2D eigenvalue weighted by Crippen LogP contribution is 2.21. The molecule has 1 aromatic carbocycles. The van der Waals surface area contributed by atoms with Gasteiger partial charge in [-0.05, 0) is 52.2 Å². The number of carbonyl (C=O) groups is 1. The summed E-state index contributed by atoms with van der Waals surface area (Å²) >= 11 is 1.30. The SMILES string of the molecule is Cc1cc2nc(SCC(=O)N[C@H](C)CCc3ccccc3)n(C(C)C)c(=O)c2[nH]1. The van der Waals surface area contributed by atoms with Gasteiger partial charge in [-0.3, -0.25) is 14.2 Å². The molecule has 0 aliphatic carbocycles. The van der Waals surface area contributed by atoms with E-state index in [1.165, 1.54) is 17.3 Å². The van der Waals surface area contributed by atoms with Crippen molar-refractivity contribution < 1.29 is 4.79 Å². The van der Waals surface area contributed by atoms with E-state index in [0.29, 0.717) is 16.2 Å². The maximum absolute atomic E-state index is 12.8. The first kappa shape index (κ1) is 21.2. The summed E-state index contributed by atoms with van der Waals surface area (Å²) in [4.78, 5) is 32.9. The van der Waals surface area contributed by atoms with Crippen molar-refractivity contribution in [2.24, 2.45) is 0 Å². The van der Waals surface area contributed by atoms with Crippen LogP contribution in [0.5, 0.6) is 0 Å². The quantitative estimate of drug-likeness (QED) is 0.435. The Bertz CT molecular complexity index is 1040. The Labute approximate surface area is 175 Å². The zero-order valence-corrected chi connectivity index (χ0v) is 18.2. The van der Waals surface area contributed by atoms with E-state index in [1.54, 1.807) is 4.57 Å². The Kier molecular flexibility index (Phi) is 6.79. The molecule has 2 heterocycles. The highest BCUT2D eigenvalue weighted by Gasteiger charge is 2.17.